The van der Waals surface area contributed by atoms with Gasteiger partial charge in [-0.05, 0) is 25.3 Å². The van der Waals surface area contributed by atoms with Crippen LogP contribution < -0.4 is 16.0 Å². The Morgan fingerprint density at radius 1 is 1.40 bits per heavy atom. The fourth-order valence-corrected chi connectivity index (χ4v) is 2.82. The molecule has 0 aliphatic carbocycles. The van der Waals surface area contributed by atoms with Crippen LogP contribution in [0.2, 0.25) is 0 Å². The molecule has 0 bridgehead atoms. The average molecular weight is 276 g/mol. The third-order valence-corrected chi connectivity index (χ3v) is 4.14. The van der Waals surface area contributed by atoms with Crippen LogP contribution in [0, 0.1) is 5.92 Å². The van der Waals surface area contributed by atoms with Crippen molar-refractivity contribution >= 4 is 17.7 Å². The number of carbonyl (C=O) groups excluding carboxylic acids is 1. The molecule has 0 atom stereocenters. The lowest BCUT2D eigenvalue weighted by Crippen LogP contribution is -2.40. The molecule has 3 rings (SSSR count). The van der Waals surface area contributed by atoms with Gasteiger partial charge in [0.05, 0.1) is 12.1 Å². The fourth-order valence-electron chi connectivity index (χ4n) is 2.82. The highest BCUT2D eigenvalue weighted by Crippen LogP contribution is 2.30. The number of hydrogen-bond acceptors (Lipinski definition) is 5. The van der Waals surface area contributed by atoms with Crippen molar-refractivity contribution in [2.24, 2.45) is 11.7 Å². The maximum Gasteiger partial charge on any atom is 0.323 e. The van der Waals surface area contributed by atoms with E-state index in [-0.39, 0.29) is 6.03 Å². The molecule has 1 fully saturated rings. The Morgan fingerprint density at radius 3 is 2.85 bits per heavy atom. The molecule has 1 aromatic rings. The molecule has 1 aromatic heterocycles. The number of rotatable bonds is 2. The van der Waals surface area contributed by atoms with E-state index in [9.17, 15) is 4.79 Å². The molecule has 1 saturated heterocycles. The number of aromatic nitrogens is 2. The SMILES string of the molecule is CN1Cc2c(ncnc2N2CCC(CN)CC2)NC1=O. The van der Waals surface area contributed by atoms with Crippen LogP contribution in [-0.2, 0) is 6.54 Å². The lowest BCUT2D eigenvalue weighted by molar-refractivity contribution is 0.218. The summed E-state index contributed by atoms with van der Waals surface area (Å²) < 4.78 is 0. The van der Waals surface area contributed by atoms with Gasteiger partial charge in [0.2, 0.25) is 0 Å². The molecule has 0 saturated carbocycles. The summed E-state index contributed by atoms with van der Waals surface area (Å²) in [6.07, 6.45) is 3.71. The molecule has 2 aliphatic heterocycles. The van der Waals surface area contributed by atoms with Crippen LogP contribution in [0.1, 0.15) is 18.4 Å². The minimum atomic E-state index is -0.121. The van der Waals surface area contributed by atoms with Crippen molar-refractivity contribution in [3.05, 3.63) is 11.9 Å². The molecule has 0 radical (unpaired) electrons. The van der Waals surface area contributed by atoms with Gasteiger partial charge in [0.15, 0.2) is 0 Å². The first-order valence-corrected chi connectivity index (χ1v) is 7.00. The minimum Gasteiger partial charge on any atom is -0.356 e. The Labute approximate surface area is 118 Å². The number of nitrogens with two attached hydrogens (primary N) is 1. The predicted molar refractivity (Wildman–Crippen MR) is 76.5 cm³/mol. The Balaban J connectivity index is 1.85. The molecule has 0 unspecified atom stereocenters. The molecular formula is C13H20N6O. The van der Waals surface area contributed by atoms with Crippen LogP contribution in [0.4, 0.5) is 16.4 Å². The largest absolute Gasteiger partial charge is 0.356 e. The van der Waals surface area contributed by atoms with Gasteiger partial charge in [-0.15, -0.1) is 0 Å². The zero-order valence-electron chi connectivity index (χ0n) is 11.7. The summed E-state index contributed by atoms with van der Waals surface area (Å²) in [5, 5.41) is 2.80. The number of piperidine rings is 1. The molecule has 3 heterocycles. The second kappa shape index (κ2) is 5.24. The number of nitrogens with one attached hydrogen (secondary N) is 1. The van der Waals surface area contributed by atoms with Crippen molar-refractivity contribution in [3.8, 4) is 0 Å². The van der Waals surface area contributed by atoms with Crippen LogP contribution >= 0.6 is 0 Å². The van der Waals surface area contributed by atoms with Gasteiger partial charge >= 0.3 is 6.03 Å². The van der Waals surface area contributed by atoms with Crippen LogP contribution in [0.15, 0.2) is 6.33 Å². The topological polar surface area (TPSA) is 87.4 Å². The molecule has 0 aromatic carbocycles. The van der Waals surface area contributed by atoms with Crippen molar-refractivity contribution in [2.45, 2.75) is 19.4 Å². The van der Waals surface area contributed by atoms with E-state index >= 15 is 0 Å². The molecule has 2 aliphatic rings. The van der Waals surface area contributed by atoms with E-state index in [2.05, 4.69) is 20.2 Å². The second-order valence-electron chi connectivity index (χ2n) is 5.48. The summed E-state index contributed by atoms with van der Waals surface area (Å²) in [4.78, 5) is 24.2. The van der Waals surface area contributed by atoms with Gasteiger partial charge in [-0.3, -0.25) is 5.32 Å². The van der Waals surface area contributed by atoms with Gasteiger partial charge in [0.25, 0.3) is 0 Å². The van der Waals surface area contributed by atoms with Crippen LogP contribution in [0.3, 0.4) is 0 Å². The zero-order chi connectivity index (χ0) is 14.1. The molecule has 7 heteroatoms. The zero-order valence-corrected chi connectivity index (χ0v) is 11.7. The Morgan fingerprint density at radius 2 is 2.15 bits per heavy atom. The molecule has 20 heavy (non-hydrogen) atoms. The summed E-state index contributed by atoms with van der Waals surface area (Å²) in [6, 6.07) is -0.121. The number of amides is 2. The number of fused-ring (bicyclic) bond motifs is 1. The number of nitrogens with zero attached hydrogens (tertiary/aromatic N) is 4. The van der Waals surface area contributed by atoms with Gasteiger partial charge in [-0.25, -0.2) is 14.8 Å². The van der Waals surface area contributed by atoms with Crippen molar-refractivity contribution < 1.29 is 4.79 Å². The Bertz CT molecular complexity index is 512. The first-order chi connectivity index (χ1) is 9.69. The van der Waals surface area contributed by atoms with Crippen molar-refractivity contribution in [2.75, 3.05) is 36.9 Å². The average Bonchev–Trinajstić information content (AvgIpc) is 2.48. The summed E-state index contributed by atoms with van der Waals surface area (Å²) in [5.74, 6) is 2.20. The van der Waals surface area contributed by atoms with Crippen LogP contribution in [0.5, 0.6) is 0 Å². The third-order valence-electron chi connectivity index (χ3n) is 4.14. The van der Waals surface area contributed by atoms with E-state index in [4.69, 9.17) is 5.73 Å². The lowest BCUT2D eigenvalue weighted by Gasteiger charge is -2.35. The minimum absolute atomic E-state index is 0.121. The quantitative estimate of drug-likeness (QED) is 0.827. The van der Waals surface area contributed by atoms with E-state index in [1.54, 1.807) is 11.9 Å². The maximum atomic E-state index is 11.7. The van der Waals surface area contributed by atoms with E-state index in [0.29, 0.717) is 18.3 Å². The number of anilines is 2. The predicted octanol–water partition coefficient (Wildman–Crippen LogP) is 0.629. The monoisotopic (exact) mass is 276 g/mol. The first kappa shape index (κ1) is 13.1. The van der Waals surface area contributed by atoms with Gasteiger partial charge in [-0.1, -0.05) is 0 Å². The van der Waals surface area contributed by atoms with Gasteiger partial charge in [0, 0.05) is 20.1 Å². The summed E-state index contributed by atoms with van der Waals surface area (Å²) in [5.41, 5.74) is 6.73. The molecule has 108 valence electrons. The summed E-state index contributed by atoms with van der Waals surface area (Å²) in [7, 11) is 1.77. The van der Waals surface area contributed by atoms with Crippen molar-refractivity contribution in [3.63, 3.8) is 0 Å². The highest BCUT2D eigenvalue weighted by molar-refractivity contribution is 5.91. The van der Waals surface area contributed by atoms with E-state index in [1.807, 2.05) is 0 Å². The number of urea groups is 1. The standard InChI is InChI=1S/C13H20N6O/c1-18-7-10-11(17-13(18)20)15-8-16-12(10)19-4-2-9(6-14)3-5-19/h8-9H,2-7,14H2,1H3,(H,15,16,17,20). The van der Waals surface area contributed by atoms with Crippen LogP contribution in [0.25, 0.3) is 0 Å². The molecule has 2 amide bonds. The highest BCUT2D eigenvalue weighted by atomic mass is 16.2. The smallest absolute Gasteiger partial charge is 0.323 e. The molecule has 0 spiro atoms. The van der Waals surface area contributed by atoms with Gasteiger partial charge < -0.3 is 15.5 Å². The highest BCUT2D eigenvalue weighted by Gasteiger charge is 2.27. The number of hydrogen-bond donors (Lipinski definition) is 2. The Hall–Kier alpha value is -1.89. The van der Waals surface area contributed by atoms with E-state index in [0.717, 1.165) is 43.9 Å². The van der Waals surface area contributed by atoms with Gasteiger partial charge in [0.1, 0.15) is 18.0 Å². The lowest BCUT2D eigenvalue weighted by atomic mass is 9.97. The number of carbonyl (C=O) groups is 1. The maximum absolute atomic E-state index is 11.7. The van der Waals surface area contributed by atoms with Gasteiger partial charge in [-0.2, -0.15) is 0 Å². The first-order valence-electron chi connectivity index (χ1n) is 7.00. The summed E-state index contributed by atoms with van der Waals surface area (Å²) in [6.45, 7) is 3.23. The van der Waals surface area contributed by atoms with Crippen molar-refractivity contribution in [1.29, 1.82) is 0 Å². The fraction of sp³-hybridized carbons (Fsp3) is 0.615. The normalized spacial score (nSPS) is 19.8. The Kier molecular flexibility index (Phi) is 3.43. The molecule has 3 N–H and O–H groups in total. The second-order valence-corrected chi connectivity index (χ2v) is 5.48. The third kappa shape index (κ3) is 2.29. The van der Waals surface area contributed by atoms with E-state index < -0.39 is 0 Å². The molecular weight excluding hydrogens is 256 g/mol. The van der Waals surface area contributed by atoms with Crippen molar-refractivity contribution in [1.82, 2.24) is 14.9 Å². The molecule has 7 nitrogen and oxygen atoms in total. The van der Waals surface area contributed by atoms with Crippen LogP contribution in [-0.4, -0.2) is 47.6 Å². The summed E-state index contributed by atoms with van der Waals surface area (Å²) >= 11 is 0. The van der Waals surface area contributed by atoms with E-state index in [1.165, 1.54) is 6.33 Å².